The average molecular weight is 333 g/mol. The van der Waals surface area contributed by atoms with E-state index < -0.39 is 9.84 Å². The molecule has 0 spiro atoms. The lowest BCUT2D eigenvalue weighted by Crippen LogP contribution is -2.26. The van der Waals surface area contributed by atoms with Crippen LogP contribution in [0.25, 0.3) is 0 Å². The molecule has 1 aromatic carbocycles. The predicted molar refractivity (Wildman–Crippen MR) is 76.3 cm³/mol. The number of benzene rings is 1. The monoisotopic (exact) mass is 332 g/mol. The second-order valence-electron chi connectivity index (χ2n) is 4.55. The number of nitrogens with zero attached hydrogens (tertiary/aromatic N) is 1. The summed E-state index contributed by atoms with van der Waals surface area (Å²) < 4.78 is 25.2. The molecule has 0 radical (unpaired) electrons. The second kappa shape index (κ2) is 5.59. The Morgan fingerprint density at radius 3 is 2.61 bits per heavy atom. The molecule has 6 heteroatoms. The molecule has 1 aromatic rings. The van der Waals surface area contributed by atoms with Gasteiger partial charge in [0.15, 0.2) is 9.84 Å². The fourth-order valence-corrected chi connectivity index (χ4v) is 4.11. The highest BCUT2D eigenvalue weighted by molar-refractivity contribution is 9.10. The topological polar surface area (TPSA) is 63.4 Å². The third-order valence-electron chi connectivity index (χ3n) is 3.19. The minimum Gasteiger partial charge on any atom is -0.398 e. The number of sulfone groups is 1. The highest BCUT2D eigenvalue weighted by Crippen LogP contribution is 2.24. The fraction of sp³-hybridized carbons (Fsp3) is 0.500. The van der Waals surface area contributed by atoms with Crippen LogP contribution < -0.4 is 5.73 Å². The van der Waals surface area contributed by atoms with Gasteiger partial charge in [-0.25, -0.2) is 8.42 Å². The van der Waals surface area contributed by atoms with E-state index in [1.807, 2.05) is 0 Å². The van der Waals surface area contributed by atoms with Gasteiger partial charge in [0.1, 0.15) is 0 Å². The van der Waals surface area contributed by atoms with E-state index in [9.17, 15) is 8.42 Å². The summed E-state index contributed by atoms with van der Waals surface area (Å²) in [5.74, 6) is 0.133. The molecule has 1 aliphatic rings. The van der Waals surface area contributed by atoms with Crippen LogP contribution in [0.15, 0.2) is 27.6 Å². The highest BCUT2D eigenvalue weighted by Gasteiger charge is 2.20. The Kier molecular flexibility index (Phi) is 4.29. The fourth-order valence-electron chi connectivity index (χ4n) is 2.14. The summed E-state index contributed by atoms with van der Waals surface area (Å²) in [5.41, 5.74) is 6.06. The van der Waals surface area contributed by atoms with Crippen molar-refractivity contribution in [3.63, 3.8) is 0 Å². The van der Waals surface area contributed by atoms with Crippen LogP contribution in [0.4, 0.5) is 5.69 Å². The minimum atomic E-state index is -3.30. The predicted octanol–water partition coefficient (Wildman–Crippen LogP) is 1.90. The van der Waals surface area contributed by atoms with Gasteiger partial charge in [-0.3, -0.25) is 0 Å². The molecule has 1 saturated heterocycles. The maximum Gasteiger partial charge on any atom is 0.181 e. The number of rotatable bonds is 4. The number of nitrogens with two attached hydrogens (primary N) is 1. The number of likely N-dealkylation sites (tertiary alicyclic amines) is 1. The third kappa shape index (κ3) is 3.24. The number of halogens is 1. The summed E-state index contributed by atoms with van der Waals surface area (Å²) in [6, 6.07) is 4.94. The molecule has 0 aromatic heterocycles. The van der Waals surface area contributed by atoms with Crippen molar-refractivity contribution in [1.29, 1.82) is 0 Å². The Morgan fingerprint density at radius 2 is 1.94 bits per heavy atom. The van der Waals surface area contributed by atoms with E-state index in [1.54, 1.807) is 18.2 Å². The lowest BCUT2D eigenvalue weighted by atomic mass is 10.3. The summed E-state index contributed by atoms with van der Waals surface area (Å²) in [6.07, 6.45) is 2.33. The second-order valence-corrected chi connectivity index (χ2v) is 7.54. The molecule has 4 nitrogen and oxygen atoms in total. The molecule has 1 fully saturated rings. The summed E-state index contributed by atoms with van der Waals surface area (Å²) in [5, 5.41) is 0. The minimum absolute atomic E-state index is 0.133. The molecule has 0 bridgehead atoms. The molecule has 0 saturated carbocycles. The van der Waals surface area contributed by atoms with Crippen molar-refractivity contribution in [3.8, 4) is 0 Å². The van der Waals surface area contributed by atoms with E-state index in [2.05, 4.69) is 20.8 Å². The van der Waals surface area contributed by atoms with Gasteiger partial charge < -0.3 is 10.6 Å². The number of anilines is 1. The van der Waals surface area contributed by atoms with Crippen LogP contribution in [0.3, 0.4) is 0 Å². The molecular formula is C12H17BrN2O2S. The van der Waals surface area contributed by atoms with E-state index in [-0.39, 0.29) is 10.6 Å². The van der Waals surface area contributed by atoms with Gasteiger partial charge in [-0.1, -0.05) is 15.9 Å². The van der Waals surface area contributed by atoms with Crippen LogP contribution in [0.2, 0.25) is 0 Å². The first-order chi connectivity index (χ1) is 8.49. The maximum atomic E-state index is 12.2. The van der Waals surface area contributed by atoms with Crippen LogP contribution in [0, 0.1) is 0 Å². The highest BCUT2D eigenvalue weighted by atomic mass is 79.9. The zero-order valence-corrected chi connectivity index (χ0v) is 12.5. The summed E-state index contributed by atoms with van der Waals surface area (Å²) in [7, 11) is -3.30. The van der Waals surface area contributed by atoms with Crippen LogP contribution >= 0.6 is 15.9 Å². The van der Waals surface area contributed by atoms with Gasteiger partial charge in [-0.2, -0.15) is 0 Å². The van der Waals surface area contributed by atoms with Gasteiger partial charge in [0.05, 0.1) is 16.3 Å². The average Bonchev–Trinajstić information content (AvgIpc) is 2.83. The first-order valence-corrected chi connectivity index (χ1v) is 8.44. The van der Waals surface area contributed by atoms with Crippen molar-refractivity contribution in [3.05, 3.63) is 22.7 Å². The lowest BCUT2D eigenvalue weighted by Gasteiger charge is -2.15. The van der Waals surface area contributed by atoms with E-state index in [0.717, 1.165) is 17.6 Å². The standard InChI is InChI=1S/C12H17BrN2O2S/c13-10-3-4-11(14)12(9-10)18(16,17)8-7-15-5-1-2-6-15/h3-4,9H,1-2,5-8,14H2. The van der Waals surface area contributed by atoms with Gasteiger partial charge in [-0.15, -0.1) is 0 Å². The van der Waals surface area contributed by atoms with Crippen molar-refractivity contribution >= 4 is 31.5 Å². The molecule has 0 unspecified atom stereocenters. The lowest BCUT2D eigenvalue weighted by molar-refractivity contribution is 0.359. The molecule has 1 heterocycles. The van der Waals surface area contributed by atoms with Crippen molar-refractivity contribution in [1.82, 2.24) is 4.90 Å². The Bertz CT molecular complexity index is 525. The van der Waals surface area contributed by atoms with Gasteiger partial charge in [-0.05, 0) is 44.1 Å². The van der Waals surface area contributed by atoms with E-state index in [1.165, 1.54) is 12.8 Å². The van der Waals surface area contributed by atoms with Crippen molar-refractivity contribution in [2.24, 2.45) is 0 Å². The first-order valence-electron chi connectivity index (χ1n) is 5.99. The smallest absolute Gasteiger partial charge is 0.181 e. The van der Waals surface area contributed by atoms with Gasteiger partial charge >= 0.3 is 0 Å². The zero-order valence-electron chi connectivity index (χ0n) is 10.1. The number of hydrogen-bond acceptors (Lipinski definition) is 4. The molecule has 1 aliphatic heterocycles. The van der Waals surface area contributed by atoms with Gasteiger partial charge in [0.25, 0.3) is 0 Å². The molecular weight excluding hydrogens is 316 g/mol. The first kappa shape index (κ1) is 13.8. The van der Waals surface area contributed by atoms with Gasteiger partial charge in [0, 0.05) is 11.0 Å². The van der Waals surface area contributed by atoms with Crippen molar-refractivity contribution < 1.29 is 8.42 Å². The summed E-state index contributed by atoms with van der Waals surface area (Å²) >= 11 is 3.28. The maximum absolute atomic E-state index is 12.2. The Labute approximate surface area is 116 Å². The van der Waals surface area contributed by atoms with E-state index in [4.69, 9.17) is 5.73 Å². The summed E-state index contributed by atoms with van der Waals surface area (Å²) in [4.78, 5) is 2.42. The van der Waals surface area contributed by atoms with Crippen LogP contribution in [0.5, 0.6) is 0 Å². The van der Waals surface area contributed by atoms with Gasteiger partial charge in [0.2, 0.25) is 0 Å². The van der Waals surface area contributed by atoms with Crippen LogP contribution in [-0.2, 0) is 9.84 Å². The van der Waals surface area contributed by atoms with E-state index in [0.29, 0.717) is 12.2 Å². The number of hydrogen-bond donors (Lipinski definition) is 1. The largest absolute Gasteiger partial charge is 0.398 e. The molecule has 2 rings (SSSR count). The molecule has 0 amide bonds. The normalized spacial score (nSPS) is 17.2. The molecule has 100 valence electrons. The van der Waals surface area contributed by atoms with Crippen LogP contribution in [-0.4, -0.2) is 38.7 Å². The third-order valence-corrected chi connectivity index (χ3v) is 5.42. The SMILES string of the molecule is Nc1ccc(Br)cc1S(=O)(=O)CCN1CCCC1. The summed E-state index contributed by atoms with van der Waals surface area (Å²) in [6.45, 7) is 2.60. The Balaban J connectivity index is 2.12. The van der Waals surface area contributed by atoms with Crippen molar-refractivity contribution in [2.75, 3.05) is 31.1 Å². The van der Waals surface area contributed by atoms with Crippen LogP contribution in [0.1, 0.15) is 12.8 Å². The Hall–Kier alpha value is -0.590. The quantitative estimate of drug-likeness (QED) is 0.855. The number of nitrogen functional groups attached to an aromatic ring is 1. The zero-order chi connectivity index (χ0) is 13.2. The molecule has 0 aliphatic carbocycles. The molecule has 0 atom stereocenters. The van der Waals surface area contributed by atoms with Crippen molar-refractivity contribution in [2.45, 2.75) is 17.7 Å². The van der Waals surface area contributed by atoms with E-state index >= 15 is 0 Å². The molecule has 18 heavy (non-hydrogen) atoms. The molecule has 2 N–H and O–H groups in total. The Morgan fingerprint density at radius 1 is 1.28 bits per heavy atom.